The van der Waals surface area contributed by atoms with Crippen molar-refractivity contribution in [2.45, 2.75) is 23.3 Å². The number of benzene rings is 3. The molecule has 34 heavy (non-hydrogen) atoms. The fourth-order valence-electron chi connectivity index (χ4n) is 3.31. The Hall–Kier alpha value is -2.68. The summed E-state index contributed by atoms with van der Waals surface area (Å²) in [6.07, 6.45) is 1.92. The molecule has 0 fully saturated rings. The van der Waals surface area contributed by atoms with Gasteiger partial charge >= 0.3 is 0 Å². The third-order valence-corrected chi connectivity index (χ3v) is 7.89. The number of para-hydroxylation sites is 2. The fraction of sp³-hybridized carbons (Fsp3) is 0.240. The van der Waals surface area contributed by atoms with E-state index in [1.54, 1.807) is 67.7 Å². The quantitative estimate of drug-likeness (QED) is 0.340. The van der Waals surface area contributed by atoms with Crippen molar-refractivity contribution in [2.75, 3.05) is 30.8 Å². The van der Waals surface area contributed by atoms with Crippen LogP contribution in [0.4, 0.5) is 5.69 Å². The maximum atomic E-state index is 13.7. The topological polar surface area (TPSA) is 66.9 Å². The van der Waals surface area contributed by atoms with Gasteiger partial charge in [0, 0.05) is 23.5 Å². The molecule has 0 spiro atoms. The average molecular weight is 519 g/mol. The lowest BCUT2D eigenvalue weighted by Crippen LogP contribution is -2.41. The molecule has 0 bridgehead atoms. The molecule has 0 aliphatic heterocycles. The number of amides is 1. The summed E-state index contributed by atoms with van der Waals surface area (Å²) in [4.78, 5) is 15.7. The molecule has 0 saturated heterocycles. The van der Waals surface area contributed by atoms with Crippen LogP contribution < -0.4 is 9.04 Å². The molecule has 0 unspecified atom stereocenters. The summed E-state index contributed by atoms with van der Waals surface area (Å²) in [6, 6.07) is 20.6. The number of nitrogens with zero attached hydrogens (tertiary/aromatic N) is 2. The summed E-state index contributed by atoms with van der Waals surface area (Å²) in [7, 11) is -2.41. The molecule has 3 aromatic rings. The third kappa shape index (κ3) is 6.25. The molecule has 0 aliphatic rings. The number of carbonyl (C=O) groups excluding carboxylic acids is 1. The number of hydrogen-bond acceptors (Lipinski definition) is 5. The van der Waals surface area contributed by atoms with Crippen molar-refractivity contribution in [3.05, 3.63) is 83.4 Å². The molecule has 0 heterocycles. The Kier molecular flexibility index (Phi) is 8.88. The van der Waals surface area contributed by atoms with Gasteiger partial charge in [-0.25, -0.2) is 8.42 Å². The van der Waals surface area contributed by atoms with E-state index in [0.717, 1.165) is 14.8 Å². The number of carbonyl (C=O) groups is 1. The zero-order valence-electron chi connectivity index (χ0n) is 19.3. The first-order valence-electron chi connectivity index (χ1n) is 10.6. The highest BCUT2D eigenvalue weighted by atomic mass is 35.5. The van der Waals surface area contributed by atoms with Crippen LogP contribution in [0.1, 0.15) is 12.5 Å². The summed E-state index contributed by atoms with van der Waals surface area (Å²) in [5.74, 6) is 0.0352. The second-order valence-electron chi connectivity index (χ2n) is 7.46. The third-order valence-electron chi connectivity index (χ3n) is 5.12. The molecule has 0 N–H and O–H groups in total. The molecule has 9 heteroatoms. The van der Waals surface area contributed by atoms with Crippen LogP contribution in [0.2, 0.25) is 5.02 Å². The highest BCUT2D eigenvalue weighted by molar-refractivity contribution is 7.98. The van der Waals surface area contributed by atoms with Gasteiger partial charge in [-0.1, -0.05) is 35.9 Å². The Labute approximate surface area is 210 Å². The van der Waals surface area contributed by atoms with Crippen LogP contribution in [0.15, 0.2) is 82.6 Å². The second kappa shape index (κ2) is 11.6. The summed E-state index contributed by atoms with van der Waals surface area (Å²) in [6.45, 7) is 2.12. The van der Waals surface area contributed by atoms with Crippen LogP contribution in [0.5, 0.6) is 5.75 Å². The van der Waals surface area contributed by atoms with E-state index in [4.69, 9.17) is 16.3 Å². The largest absolute Gasteiger partial charge is 0.492 e. The zero-order chi connectivity index (χ0) is 24.7. The van der Waals surface area contributed by atoms with E-state index in [-0.39, 0.29) is 17.3 Å². The van der Waals surface area contributed by atoms with Gasteiger partial charge in [-0.2, -0.15) is 0 Å². The maximum Gasteiger partial charge on any atom is 0.264 e. The minimum atomic E-state index is -4.05. The minimum absolute atomic E-state index is 0.102. The van der Waals surface area contributed by atoms with Crippen LogP contribution in [0.25, 0.3) is 0 Å². The molecular weight excluding hydrogens is 492 g/mol. The van der Waals surface area contributed by atoms with Crippen LogP contribution >= 0.6 is 23.4 Å². The van der Waals surface area contributed by atoms with Gasteiger partial charge in [-0.3, -0.25) is 9.10 Å². The highest BCUT2D eigenvalue weighted by Crippen LogP contribution is 2.33. The van der Waals surface area contributed by atoms with Crippen molar-refractivity contribution in [3.63, 3.8) is 0 Å². The summed E-state index contributed by atoms with van der Waals surface area (Å²) in [5.41, 5.74) is 1.20. The zero-order valence-corrected chi connectivity index (χ0v) is 21.7. The number of sulfonamides is 1. The van der Waals surface area contributed by atoms with E-state index in [0.29, 0.717) is 29.6 Å². The maximum absolute atomic E-state index is 13.7. The van der Waals surface area contributed by atoms with E-state index in [9.17, 15) is 13.2 Å². The van der Waals surface area contributed by atoms with E-state index in [1.165, 1.54) is 16.7 Å². The van der Waals surface area contributed by atoms with Gasteiger partial charge in [0.2, 0.25) is 5.91 Å². The van der Waals surface area contributed by atoms with Gasteiger partial charge in [0.05, 0.1) is 17.2 Å². The molecule has 1 amide bonds. The van der Waals surface area contributed by atoms with Crippen LogP contribution in [0.3, 0.4) is 0 Å². The van der Waals surface area contributed by atoms with Gasteiger partial charge in [0.25, 0.3) is 10.0 Å². The Morgan fingerprint density at radius 3 is 2.26 bits per heavy atom. The number of anilines is 1. The summed E-state index contributed by atoms with van der Waals surface area (Å²) < 4.78 is 34.2. The molecule has 3 aromatic carbocycles. The first-order valence-corrected chi connectivity index (χ1v) is 13.7. The molecule has 0 atom stereocenters. The van der Waals surface area contributed by atoms with Crippen LogP contribution in [-0.2, 0) is 21.4 Å². The van der Waals surface area contributed by atoms with Gasteiger partial charge in [0.1, 0.15) is 12.3 Å². The van der Waals surface area contributed by atoms with Crippen molar-refractivity contribution in [1.29, 1.82) is 0 Å². The van der Waals surface area contributed by atoms with Gasteiger partial charge < -0.3 is 9.64 Å². The van der Waals surface area contributed by atoms with Crippen molar-refractivity contribution in [1.82, 2.24) is 4.90 Å². The second-order valence-corrected chi connectivity index (χ2v) is 10.6. The molecule has 0 aliphatic carbocycles. The van der Waals surface area contributed by atoms with Gasteiger partial charge in [-0.15, -0.1) is 11.8 Å². The van der Waals surface area contributed by atoms with Crippen molar-refractivity contribution < 1.29 is 17.9 Å². The predicted octanol–water partition coefficient (Wildman–Crippen LogP) is 5.31. The van der Waals surface area contributed by atoms with Crippen molar-refractivity contribution in [3.8, 4) is 5.75 Å². The predicted molar refractivity (Wildman–Crippen MR) is 138 cm³/mol. The monoisotopic (exact) mass is 518 g/mol. The number of likely N-dealkylation sites (N-methyl/N-ethyl adjacent to an activating group) is 1. The minimum Gasteiger partial charge on any atom is -0.492 e. The average Bonchev–Trinajstić information content (AvgIpc) is 2.84. The number of rotatable bonds is 10. The number of thioether (sulfide) groups is 1. The molecule has 0 saturated carbocycles. The van der Waals surface area contributed by atoms with Crippen molar-refractivity contribution in [2.24, 2.45) is 0 Å². The highest BCUT2D eigenvalue weighted by Gasteiger charge is 2.30. The summed E-state index contributed by atoms with van der Waals surface area (Å²) >= 11 is 7.47. The van der Waals surface area contributed by atoms with Gasteiger partial charge in [0.15, 0.2) is 0 Å². The SMILES string of the molecule is CCOc1ccccc1N(CC(=O)N(C)Cc1ccc(Cl)cc1)S(=O)(=O)c1ccc(SC)cc1. The fourth-order valence-corrected chi connectivity index (χ4v) is 5.27. The number of hydrogen-bond donors (Lipinski definition) is 0. The molecule has 6 nitrogen and oxygen atoms in total. The number of ether oxygens (including phenoxy) is 1. The van der Waals surface area contributed by atoms with E-state index < -0.39 is 10.0 Å². The van der Waals surface area contributed by atoms with Crippen LogP contribution in [-0.4, -0.2) is 45.7 Å². The lowest BCUT2D eigenvalue weighted by Gasteiger charge is -2.28. The normalized spacial score (nSPS) is 11.2. The van der Waals surface area contributed by atoms with E-state index >= 15 is 0 Å². The lowest BCUT2D eigenvalue weighted by molar-refractivity contribution is -0.128. The molecule has 3 rings (SSSR count). The Bertz CT molecular complexity index is 1220. The Morgan fingerprint density at radius 1 is 1.00 bits per heavy atom. The molecule has 180 valence electrons. The van der Waals surface area contributed by atoms with Gasteiger partial charge in [-0.05, 0) is 67.3 Å². The first-order chi connectivity index (χ1) is 16.3. The first kappa shape index (κ1) is 25.9. The Balaban J connectivity index is 1.96. The Morgan fingerprint density at radius 2 is 1.65 bits per heavy atom. The molecular formula is C25H27ClN2O4S2. The lowest BCUT2D eigenvalue weighted by atomic mass is 10.2. The van der Waals surface area contributed by atoms with Crippen molar-refractivity contribution >= 4 is 45.0 Å². The van der Waals surface area contributed by atoms with Crippen LogP contribution in [0, 0.1) is 0 Å². The smallest absolute Gasteiger partial charge is 0.264 e. The summed E-state index contributed by atoms with van der Waals surface area (Å²) in [5, 5.41) is 0.607. The van der Waals surface area contributed by atoms with E-state index in [1.807, 2.05) is 25.3 Å². The van der Waals surface area contributed by atoms with E-state index in [2.05, 4.69) is 0 Å². The number of halogens is 1. The molecule has 0 radical (unpaired) electrons. The standard InChI is InChI=1S/C25H27ClN2O4S2/c1-4-32-24-8-6-5-7-23(24)28(34(30,31)22-15-13-21(33-3)14-16-22)18-25(29)27(2)17-19-9-11-20(26)12-10-19/h5-16H,4,17-18H2,1-3H3. The molecule has 0 aromatic heterocycles.